The zero-order valence-corrected chi connectivity index (χ0v) is 60.6. The van der Waals surface area contributed by atoms with Crippen molar-refractivity contribution in [3.8, 4) is 79.1 Å². The van der Waals surface area contributed by atoms with Crippen LogP contribution in [0.3, 0.4) is 0 Å². The summed E-state index contributed by atoms with van der Waals surface area (Å²) in [5.74, 6) is 0. The number of fused-ring (bicyclic) bond motifs is 28. The molecule has 0 N–H and O–H groups in total. The average Bonchev–Trinajstić information content (AvgIpc) is 1.48. The van der Waals surface area contributed by atoms with Crippen LogP contribution in [0.4, 0.5) is 0 Å². The predicted octanol–water partition coefficient (Wildman–Crippen LogP) is 17.5. The number of pyridine rings is 6. The first kappa shape index (κ1) is 59.5. The second kappa shape index (κ2) is 21.3. The Morgan fingerprint density at radius 3 is 1.18 bits per heavy atom. The molecule has 0 fully saturated rings. The molecule has 0 radical (unpaired) electrons. The van der Waals surface area contributed by atoms with Crippen molar-refractivity contribution < 1.29 is 0 Å². The molecule has 4 aliphatic heterocycles. The van der Waals surface area contributed by atoms with Gasteiger partial charge in [-0.1, -0.05) is 140 Å². The summed E-state index contributed by atoms with van der Waals surface area (Å²) in [5, 5.41) is 11.4. The lowest BCUT2D eigenvalue weighted by Crippen LogP contribution is -2.59. The molecule has 0 bridgehead atoms. The molecule has 0 saturated heterocycles. The van der Waals surface area contributed by atoms with Gasteiger partial charge in [0.25, 0.3) is 13.4 Å². The van der Waals surface area contributed by atoms with E-state index >= 15 is 0 Å². The van der Waals surface area contributed by atoms with E-state index in [0.29, 0.717) is 0 Å². The summed E-state index contributed by atoms with van der Waals surface area (Å²) < 4.78 is 20.0. The zero-order valence-electron chi connectivity index (χ0n) is 60.6. The summed E-state index contributed by atoms with van der Waals surface area (Å²) in [6, 6.07) is 107. The van der Waals surface area contributed by atoms with Crippen LogP contribution in [-0.2, 0) is 0 Å². The van der Waals surface area contributed by atoms with Gasteiger partial charge in [-0.05, 0) is 196 Å². The van der Waals surface area contributed by atoms with E-state index in [0.717, 1.165) is 184 Å². The van der Waals surface area contributed by atoms with E-state index in [1.165, 1.54) is 60.0 Å². The highest BCUT2D eigenvalue weighted by Gasteiger charge is 2.46. The molecular weight excluding hydrogens is 1390 g/mol. The van der Waals surface area contributed by atoms with E-state index in [-0.39, 0.29) is 13.4 Å². The van der Waals surface area contributed by atoms with Gasteiger partial charge in [-0.25, -0.2) is 9.97 Å². The Hall–Kier alpha value is -15.4. The SMILES string of the molecule is c1ccc(-n2c3ccc(-c4cccc(-n5c6ncccc6c6c7cccc8c7n(c65)-c5cc(-c6ccccn6)cc6c5B8c5ccnc7c8c9ccccc9n(-c9ccccc9)c8n-6c57)c4)cc3c3c4cccc5c4n(c32)-c2cc(-c3ccccn3)cc3c2B5c2ccnc4c5c6cccnc6n(-c6ccccc6)c5n-3c24)cc1. The molecule has 10 aromatic carbocycles. The van der Waals surface area contributed by atoms with E-state index in [1.54, 1.807) is 0 Å². The normalized spacial score (nSPS) is 13.1. The first-order chi connectivity index (χ1) is 56.7. The summed E-state index contributed by atoms with van der Waals surface area (Å²) in [5.41, 5.74) is 36.8. The van der Waals surface area contributed by atoms with Gasteiger partial charge < -0.3 is 0 Å². The Morgan fingerprint density at radius 2 is 0.623 bits per heavy atom. The monoisotopic (exact) mass is 1450 g/mol. The number of rotatable bonds is 7. The number of para-hydroxylation sites is 6. The molecule has 0 unspecified atom stereocenters. The molecule has 28 rings (SSSR count). The summed E-state index contributed by atoms with van der Waals surface area (Å²) in [6.07, 6.45) is 11.7. The molecule has 0 spiro atoms. The van der Waals surface area contributed by atoms with E-state index in [9.17, 15) is 0 Å². The first-order valence-electron chi connectivity index (χ1n) is 38.9. The van der Waals surface area contributed by atoms with Crippen LogP contribution in [0.1, 0.15) is 0 Å². The molecule has 18 heterocycles. The Labute approximate surface area is 648 Å². The number of benzene rings is 10. The van der Waals surface area contributed by atoms with Gasteiger partial charge in [0.15, 0.2) is 0 Å². The van der Waals surface area contributed by atoms with Crippen molar-refractivity contribution in [2.45, 2.75) is 0 Å². The molecule has 0 amide bonds. The average molecular weight is 1450 g/mol. The molecule has 522 valence electrons. The smallest absolute Gasteiger partial charge is 0.252 e. The fourth-order valence-corrected chi connectivity index (χ4v) is 21.3. The second-order valence-corrected chi connectivity index (χ2v) is 30.9. The topological polar surface area (TPSA) is 117 Å². The summed E-state index contributed by atoms with van der Waals surface area (Å²) in [7, 11) is 0. The third kappa shape index (κ3) is 7.26. The third-order valence-electron chi connectivity index (χ3n) is 25.5. The number of hydrogen-bond donors (Lipinski definition) is 0. The molecule has 0 atom stereocenters. The van der Waals surface area contributed by atoms with Crippen LogP contribution in [-0.4, -0.2) is 79.9 Å². The molecule has 24 aromatic rings. The van der Waals surface area contributed by atoms with Gasteiger partial charge in [-0.3, -0.25) is 56.5 Å². The van der Waals surface area contributed by atoms with Crippen LogP contribution in [0, 0.1) is 0 Å². The number of nitrogens with zero attached hydrogens (tertiary/aromatic N) is 14. The Balaban J connectivity index is 0.693. The standard InChI is InChI=1S/C98H54B2N14/c1-4-22-59(23-5-1)107-75-38-11-10-29-63(75)83-87-91-71(41-47-103-87)99-69-34-17-30-64-81-66-32-19-45-105-93(66)110(96(81)112(89(64)69)78-52-58(74-37-13-15-44-102-74)53-79(86(78)99)113(91)97(83)107)62-28-16-21-55(49-62)56-39-40-76-68(50-56)82-65-31-18-35-70-90(65)111(95(82)108(76)60-24-6-2-7-25-60)77-51-57(73-36-12-14-43-101-73)54-80-85(77)100(70)72-42-48-104-88-84-67-33-20-46-106-94(67)109(61-26-8-3-9-27-61)98(84)114(80)92(72)88/h1-54H. The molecule has 16 heteroatoms. The lowest BCUT2D eigenvalue weighted by atomic mass is 9.34. The summed E-state index contributed by atoms with van der Waals surface area (Å²) in [6.45, 7) is -0.270. The fraction of sp³-hybridized carbons (Fsp3) is 0. The lowest BCUT2D eigenvalue weighted by molar-refractivity contribution is 1.04. The third-order valence-corrected chi connectivity index (χ3v) is 25.5. The second-order valence-electron chi connectivity index (χ2n) is 30.9. The summed E-state index contributed by atoms with van der Waals surface area (Å²) >= 11 is 0. The fourth-order valence-electron chi connectivity index (χ4n) is 21.3. The van der Waals surface area contributed by atoms with Gasteiger partial charge in [-0.15, -0.1) is 0 Å². The minimum Gasteiger partial charge on any atom is -0.296 e. The molecule has 0 aliphatic carbocycles. The van der Waals surface area contributed by atoms with Crippen molar-refractivity contribution in [3.05, 3.63) is 328 Å². The van der Waals surface area contributed by atoms with E-state index in [2.05, 4.69) is 316 Å². The van der Waals surface area contributed by atoms with Crippen molar-refractivity contribution >= 4 is 178 Å². The Morgan fingerprint density at radius 1 is 0.219 bits per heavy atom. The quantitative estimate of drug-likeness (QED) is 0.147. The van der Waals surface area contributed by atoms with Gasteiger partial charge in [0, 0.05) is 137 Å². The molecule has 14 nitrogen and oxygen atoms in total. The number of hydrogen-bond acceptors (Lipinski definition) is 6. The van der Waals surface area contributed by atoms with Crippen LogP contribution in [0.5, 0.6) is 0 Å². The Bertz CT molecular complexity index is 8490. The van der Waals surface area contributed by atoms with E-state index in [1.807, 2.05) is 49.3 Å². The van der Waals surface area contributed by atoms with Crippen molar-refractivity contribution in [2.75, 3.05) is 0 Å². The zero-order chi connectivity index (χ0) is 73.6. The van der Waals surface area contributed by atoms with E-state index in [4.69, 9.17) is 29.9 Å². The highest BCUT2D eigenvalue weighted by atomic mass is 15.2. The van der Waals surface area contributed by atoms with Crippen molar-refractivity contribution in [1.82, 2.24) is 66.4 Å². The van der Waals surface area contributed by atoms with Crippen LogP contribution in [0.15, 0.2) is 328 Å². The number of aromatic nitrogens is 14. The first-order valence-corrected chi connectivity index (χ1v) is 38.9. The minimum atomic E-state index is -0.143. The summed E-state index contributed by atoms with van der Waals surface area (Å²) in [4.78, 5) is 31.5. The lowest BCUT2D eigenvalue weighted by Gasteiger charge is -2.34. The van der Waals surface area contributed by atoms with Crippen LogP contribution < -0.4 is 32.8 Å². The van der Waals surface area contributed by atoms with Gasteiger partial charge in [0.05, 0.1) is 66.3 Å². The minimum absolute atomic E-state index is 0.127. The van der Waals surface area contributed by atoms with Gasteiger partial charge >= 0.3 is 0 Å². The highest BCUT2D eigenvalue weighted by molar-refractivity contribution is 7.01. The van der Waals surface area contributed by atoms with Gasteiger partial charge in [0.1, 0.15) is 33.9 Å². The molecule has 0 saturated carbocycles. The van der Waals surface area contributed by atoms with Crippen LogP contribution >= 0.6 is 0 Å². The molecule has 14 aromatic heterocycles. The maximum atomic E-state index is 5.40. The van der Waals surface area contributed by atoms with Crippen LogP contribution in [0.2, 0.25) is 0 Å². The molecule has 114 heavy (non-hydrogen) atoms. The van der Waals surface area contributed by atoms with Crippen molar-refractivity contribution in [1.29, 1.82) is 0 Å². The van der Waals surface area contributed by atoms with E-state index < -0.39 is 0 Å². The largest absolute Gasteiger partial charge is 0.296 e. The van der Waals surface area contributed by atoms with Gasteiger partial charge in [0.2, 0.25) is 0 Å². The van der Waals surface area contributed by atoms with Crippen molar-refractivity contribution in [3.63, 3.8) is 0 Å². The Kier molecular flexibility index (Phi) is 11.1. The van der Waals surface area contributed by atoms with Crippen molar-refractivity contribution in [2.24, 2.45) is 0 Å². The molecular formula is C98H54B2N14. The maximum Gasteiger partial charge on any atom is 0.252 e. The highest BCUT2D eigenvalue weighted by Crippen LogP contribution is 2.50. The maximum absolute atomic E-state index is 5.40. The predicted molar refractivity (Wildman–Crippen MR) is 464 cm³/mol. The van der Waals surface area contributed by atoms with Gasteiger partial charge in [-0.2, -0.15) is 0 Å². The van der Waals surface area contributed by atoms with Crippen LogP contribution in [0.25, 0.3) is 211 Å². The molecule has 4 aliphatic rings.